The fourth-order valence-electron chi connectivity index (χ4n) is 1.58. The topological polar surface area (TPSA) is 58.6 Å². The van der Waals surface area contributed by atoms with Crippen LogP contribution in [0.3, 0.4) is 0 Å². The number of ether oxygens (including phenoxy) is 1. The SMILES string of the molecule is COC(C)CN1C(=O)C(C)NC(=O)C1C. The first-order valence-corrected chi connectivity index (χ1v) is 5.11. The van der Waals surface area contributed by atoms with Crippen LogP contribution in [0.1, 0.15) is 20.8 Å². The Kier molecular flexibility index (Phi) is 3.68. The zero-order valence-electron chi connectivity index (χ0n) is 9.61. The van der Waals surface area contributed by atoms with Crippen LogP contribution in [-0.4, -0.2) is 48.6 Å². The minimum atomic E-state index is -0.433. The molecular weight excluding hydrogens is 196 g/mol. The molecule has 86 valence electrons. The molecule has 1 fully saturated rings. The Balaban J connectivity index is 2.73. The molecule has 3 unspecified atom stereocenters. The zero-order chi connectivity index (χ0) is 11.6. The predicted molar refractivity (Wildman–Crippen MR) is 55.3 cm³/mol. The average molecular weight is 214 g/mol. The van der Waals surface area contributed by atoms with Gasteiger partial charge in [-0.2, -0.15) is 0 Å². The van der Waals surface area contributed by atoms with E-state index in [1.807, 2.05) is 6.92 Å². The zero-order valence-corrected chi connectivity index (χ0v) is 9.61. The van der Waals surface area contributed by atoms with E-state index in [4.69, 9.17) is 4.74 Å². The molecule has 5 nitrogen and oxygen atoms in total. The summed E-state index contributed by atoms with van der Waals surface area (Å²) in [6.45, 7) is 5.74. The number of piperazine rings is 1. The van der Waals surface area contributed by atoms with Crippen LogP contribution in [0.25, 0.3) is 0 Å². The van der Waals surface area contributed by atoms with Crippen molar-refractivity contribution in [2.75, 3.05) is 13.7 Å². The minimum Gasteiger partial charge on any atom is -0.380 e. The third-order valence-corrected chi connectivity index (χ3v) is 2.72. The van der Waals surface area contributed by atoms with Crippen LogP contribution in [-0.2, 0) is 14.3 Å². The monoisotopic (exact) mass is 214 g/mol. The molecule has 0 aromatic heterocycles. The summed E-state index contributed by atoms with van der Waals surface area (Å²) in [5.41, 5.74) is 0. The predicted octanol–water partition coefficient (Wildman–Crippen LogP) is -0.243. The van der Waals surface area contributed by atoms with E-state index in [0.717, 1.165) is 0 Å². The molecule has 1 heterocycles. The van der Waals surface area contributed by atoms with Crippen molar-refractivity contribution in [3.8, 4) is 0 Å². The molecule has 0 aliphatic carbocycles. The van der Waals surface area contributed by atoms with Crippen LogP contribution in [0, 0.1) is 0 Å². The van der Waals surface area contributed by atoms with E-state index in [2.05, 4.69) is 5.32 Å². The lowest BCUT2D eigenvalue weighted by atomic mass is 10.1. The van der Waals surface area contributed by atoms with Crippen LogP contribution in [0.4, 0.5) is 0 Å². The van der Waals surface area contributed by atoms with Gasteiger partial charge in [-0.25, -0.2) is 0 Å². The molecule has 5 heteroatoms. The van der Waals surface area contributed by atoms with Crippen LogP contribution >= 0.6 is 0 Å². The molecule has 1 N–H and O–H groups in total. The smallest absolute Gasteiger partial charge is 0.245 e. The highest BCUT2D eigenvalue weighted by Crippen LogP contribution is 2.10. The second kappa shape index (κ2) is 4.61. The van der Waals surface area contributed by atoms with Crippen LogP contribution in [0.15, 0.2) is 0 Å². The van der Waals surface area contributed by atoms with Crippen molar-refractivity contribution >= 4 is 11.8 Å². The summed E-state index contributed by atoms with van der Waals surface area (Å²) in [5, 5.41) is 2.63. The summed E-state index contributed by atoms with van der Waals surface area (Å²) in [6.07, 6.45) is -0.0606. The maximum atomic E-state index is 11.8. The second-order valence-electron chi connectivity index (χ2n) is 3.94. The number of nitrogens with one attached hydrogen (secondary N) is 1. The fourth-order valence-corrected chi connectivity index (χ4v) is 1.58. The number of amides is 2. The van der Waals surface area contributed by atoms with Gasteiger partial charge in [0.1, 0.15) is 12.1 Å². The Morgan fingerprint density at radius 3 is 2.60 bits per heavy atom. The number of carbonyl (C=O) groups excluding carboxylic acids is 2. The van der Waals surface area contributed by atoms with Crippen molar-refractivity contribution in [2.24, 2.45) is 0 Å². The summed E-state index contributed by atoms with van der Waals surface area (Å²) < 4.78 is 5.09. The molecule has 1 aliphatic heterocycles. The third kappa shape index (κ3) is 2.47. The first-order chi connectivity index (χ1) is 6.97. The molecule has 0 saturated carbocycles. The lowest BCUT2D eigenvalue weighted by molar-refractivity contribution is -0.149. The van der Waals surface area contributed by atoms with Crippen LogP contribution in [0.5, 0.6) is 0 Å². The van der Waals surface area contributed by atoms with Crippen molar-refractivity contribution in [3.63, 3.8) is 0 Å². The Morgan fingerprint density at radius 1 is 1.47 bits per heavy atom. The van der Waals surface area contributed by atoms with E-state index in [1.165, 1.54) is 0 Å². The maximum Gasteiger partial charge on any atom is 0.245 e. The molecule has 2 amide bonds. The lowest BCUT2D eigenvalue weighted by Gasteiger charge is -2.37. The summed E-state index contributed by atoms with van der Waals surface area (Å²) in [6, 6.07) is -0.843. The largest absolute Gasteiger partial charge is 0.380 e. The molecule has 15 heavy (non-hydrogen) atoms. The summed E-state index contributed by atoms with van der Waals surface area (Å²) in [4.78, 5) is 24.8. The average Bonchev–Trinajstić information content (AvgIpc) is 2.21. The molecule has 1 aliphatic rings. The lowest BCUT2D eigenvalue weighted by Crippen LogP contribution is -2.62. The molecular formula is C10H18N2O3. The Morgan fingerprint density at radius 2 is 2.07 bits per heavy atom. The van der Waals surface area contributed by atoms with E-state index >= 15 is 0 Å². The summed E-state index contributed by atoms with van der Waals surface area (Å²) in [5.74, 6) is -0.156. The van der Waals surface area contributed by atoms with Gasteiger partial charge in [0.2, 0.25) is 11.8 Å². The van der Waals surface area contributed by atoms with Crippen LogP contribution < -0.4 is 5.32 Å². The molecule has 1 saturated heterocycles. The quantitative estimate of drug-likeness (QED) is 0.705. The third-order valence-electron chi connectivity index (χ3n) is 2.72. The molecule has 0 aromatic rings. The standard InChI is InChI=1S/C10H18N2O3/c1-6(15-4)5-12-8(3)9(13)11-7(2)10(12)14/h6-8H,5H2,1-4H3,(H,11,13). The highest BCUT2D eigenvalue weighted by Gasteiger charge is 2.36. The summed E-state index contributed by atoms with van der Waals surface area (Å²) >= 11 is 0. The van der Waals surface area contributed by atoms with E-state index in [9.17, 15) is 9.59 Å². The molecule has 3 atom stereocenters. The van der Waals surface area contributed by atoms with Gasteiger partial charge in [-0.15, -0.1) is 0 Å². The first-order valence-electron chi connectivity index (χ1n) is 5.11. The van der Waals surface area contributed by atoms with E-state index < -0.39 is 12.1 Å². The van der Waals surface area contributed by atoms with E-state index in [1.54, 1.807) is 25.9 Å². The normalized spacial score (nSPS) is 28.9. The van der Waals surface area contributed by atoms with Gasteiger partial charge in [-0.3, -0.25) is 9.59 Å². The number of hydrogen-bond acceptors (Lipinski definition) is 3. The molecule has 0 radical (unpaired) electrons. The number of methoxy groups -OCH3 is 1. The summed E-state index contributed by atoms with van der Waals surface area (Å²) in [7, 11) is 1.59. The van der Waals surface area contributed by atoms with Crippen molar-refractivity contribution in [2.45, 2.75) is 39.0 Å². The maximum absolute atomic E-state index is 11.8. The van der Waals surface area contributed by atoms with Crippen LogP contribution in [0.2, 0.25) is 0 Å². The molecule has 0 aromatic carbocycles. The van der Waals surface area contributed by atoms with Gasteiger partial charge in [-0.05, 0) is 20.8 Å². The van der Waals surface area contributed by atoms with Gasteiger partial charge in [0.05, 0.1) is 6.10 Å². The number of carbonyl (C=O) groups is 2. The van der Waals surface area contributed by atoms with Gasteiger partial charge < -0.3 is 15.0 Å². The van der Waals surface area contributed by atoms with Crippen molar-refractivity contribution < 1.29 is 14.3 Å². The first kappa shape index (κ1) is 12.0. The molecule has 0 spiro atoms. The van der Waals surface area contributed by atoms with Crippen molar-refractivity contribution in [3.05, 3.63) is 0 Å². The highest BCUT2D eigenvalue weighted by molar-refractivity contribution is 5.96. The van der Waals surface area contributed by atoms with Gasteiger partial charge in [0.15, 0.2) is 0 Å². The van der Waals surface area contributed by atoms with E-state index in [0.29, 0.717) is 6.54 Å². The Labute approximate surface area is 89.8 Å². The molecule has 0 bridgehead atoms. The van der Waals surface area contributed by atoms with Gasteiger partial charge in [0, 0.05) is 13.7 Å². The number of hydrogen-bond donors (Lipinski definition) is 1. The molecule has 1 rings (SSSR count). The Bertz CT molecular complexity index is 267. The number of rotatable bonds is 3. The second-order valence-corrected chi connectivity index (χ2v) is 3.94. The van der Waals surface area contributed by atoms with Gasteiger partial charge in [-0.1, -0.05) is 0 Å². The van der Waals surface area contributed by atoms with Gasteiger partial charge >= 0.3 is 0 Å². The fraction of sp³-hybridized carbons (Fsp3) is 0.800. The van der Waals surface area contributed by atoms with Crippen molar-refractivity contribution in [1.29, 1.82) is 0 Å². The highest BCUT2D eigenvalue weighted by atomic mass is 16.5. The van der Waals surface area contributed by atoms with E-state index in [-0.39, 0.29) is 17.9 Å². The Hall–Kier alpha value is -1.10. The van der Waals surface area contributed by atoms with Crippen molar-refractivity contribution in [1.82, 2.24) is 10.2 Å². The van der Waals surface area contributed by atoms with Gasteiger partial charge in [0.25, 0.3) is 0 Å². The number of nitrogens with zero attached hydrogens (tertiary/aromatic N) is 1. The minimum absolute atomic E-state index is 0.0500.